The van der Waals surface area contributed by atoms with Gasteiger partial charge in [-0.15, -0.1) is 0 Å². The van der Waals surface area contributed by atoms with E-state index in [0.717, 1.165) is 5.56 Å². The van der Waals surface area contributed by atoms with Crippen LogP contribution in [0.4, 0.5) is 5.82 Å². The summed E-state index contributed by atoms with van der Waals surface area (Å²) in [5.41, 5.74) is 0.998. The summed E-state index contributed by atoms with van der Waals surface area (Å²) in [6, 6.07) is 11.2. The average Bonchev–Trinajstić information content (AvgIpc) is 2.45. The van der Waals surface area contributed by atoms with E-state index in [1.807, 2.05) is 37.3 Å². The van der Waals surface area contributed by atoms with Crippen molar-refractivity contribution in [1.29, 1.82) is 0 Å². The Hall–Kier alpha value is -1.65. The topological polar surface area (TPSA) is 58.0 Å². The van der Waals surface area contributed by atoms with E-state index in [1.54, 1.807) is 6.07 Å². The Balaban J connectivity index is 2.21. The molecule has 0 aliphatic carbocycles. The third-order valence-electron chi connectivity index (χ3n) is 2.76. The lowest BCUT2D eigenvalue weighted by molar-refractivity contribution is 0.276. The zero-order chi connectivity index (χ0) is 13.7. The van der Waals surface area contributed by atoms with Crippen molar-refractivity contribution in [3.8, 4) is 0 Å². The van der Waals surface area contributed by atoms with Crippen LogP contribution in [0.1, 0.15) is 24.4 Å². The molecule has 2 aromatic rings. The number of halogens is 1. The van der Waals surface area contributed by atoms with E-state index >= 15 is 0 Å². The molecule has 0 bridgehead atoms. The van der Waals surface area contributed by atoms with Gasteiger partial charge in [0.1, 0.15) is 16.8 Å². The van der Waals surface area contributed by atoms with Crippen molar-refractivity contribution in [2.45, 2.75) is 19.4 Å². The van der Waals surface area contributed by atoms with Crippen LogP contribution in [0.15, 0.2) is 36.4 Å². The summed E-state index contributed by atoms with van der Waals surface area (Å²) in [6.07, 6.45) is 0.713. The number of aliphatic hydroxyl groups excluding tert-OH is 1. The Morgan fingerprint density at radius 2 is 2.00 bits per heavy atom. The van der Waals surface area contributed by atoms with Gasteiger partial charge in [-0.1, -0.05) is 48.9 Å². The number of rotatable bonds is 5. The Bertz CT molecular complexity index is 533. The quantitative estimate of drug-likeness (QED) is 0.825. The highest BCUT2D eigenvalue weighted by molar-refractivity contribution is 6.29. The summed E-state index contributed by atoms with van der Waals surface area (Å²) in [4.78, 5) is 8.46. The van der Waals surface area contributed by atoms with Crippen molar-refractivity contribution in [3.63, 3.8) is 0 Å². The molecule has 5 heteroatoms. The zero-order valence-corrected chi connectivity index (χ0v) is 11.4. The highest BCUT2D eigenvalue weighted by Gasteiger charge is 2.11. The first-order valence-electron chi connectivity index (χ1n) is 6.18. The first-order valence-corrected chi connectivity index (χ1v) is 6.56. The molecule has 1 atom stereocenters. The van der Waals surface area contributed by atoms with Crippen LogP contribution in [0.25, 0.3) is 0 Å². The molecule has 1 aromatic carbocycles. The highest BCUT2D eigenvalue weighted by Crippen LogP contribution is 2.19. The van der Waals surface area contributed by atoms with Gasteiger partial charge in [0, 0.05) is 12.5 Å². The molecule has 4 nitrogen and oxygen atoms in total. The lowest BCUT2D eigenvalue weighted by Crippen LogP contribution is -2.16. The highest BCUT2D eigenvalue weighted by atomic mass is 35.5. The van der Waals surface area contributed by atoms with Crippen LogP contribution >= 0.6 is 11.6 Å². The number of hydrogen-bond donors (Lipinski definition) is 2. The van der Waals surface area contributed by atoms with Crippen LogP contribution in [0.3, 0.4) is 0 Å². The van der Waals surface area contributed by atoms with Crippen LogP contribution in [-0.4, -0.2) is 21.7 Å². The van der Waals surface area contributed by atoms with Gasteiger partial charge in [-0.25, -0.2) is 9.97 Å². The molecule has 2 rings (SSSR count). The lowest BCUT2D eigenvalue weighted by Gasteiger charge is -2.17. The van der Waals surface area contributed by atoms with Crippen LogP contribution in [0.2, 0.25) is 5.15 Å². The lowest BCUT2D eigenvalue weighted by atomic mass is 10.1. The molecule has 0 radical (unpaired) electrons. The fraction of sp³-hybridized carbons (Fsp3) is 0.286. The van der Waals surface area contributed by atoms with Gasteiger partial charge in [0.15, 0.2) is 0 Å². The predicted octanol–water partition coefficient (Wildman–Crippen LogP) is 2.84. The van der Waals surface area contributed by atoms with Crippen molar-refractivity contribution in [2.24, 2.45) is 0 Å². The minimum atomic E-state index is -0.211. The van der Waals surface area contributed by atoms with Crippen molar-refractivity contribution in [3.05, 3.63) is 52.9 Å². The van der Waals surface area contributed by atoms with E-state index in [9.17, 15) is 5.11 Å². The molecule has 0 spiro atoms. The molecule has 100 valence electrons. The molecule has 0 aliphatic rings. The summed E-state index contributed by atoms with van der Waals surface area (Å²) in [6.45, 7) is 1.95. The zero-order valence-electron chi connectivity index (χ0n) is 10.7. The number of aliphatic hydroxyl groups is 1. The van der Waals surface area contributed by atoms with Crippen molar-refractivity contribution < 1.29 is 5.11 Å². The molecule has 0 fully saturated rings. The van der Waals surface area contributed by atoms with Crippen molar-refractivity contribution in [1.82, 2.24) is 9.97 Å². The summed E-state index contributed by atoms with van der Waals surface area (Å²) in [7, 11) is 0. The van der Waals surface area contributed by atoms with Gasteiger partial charge >= 0.3 is 0 Å². The van der Waals surface area contributed by atoms with Gasteiger partial charge in [0.05, 0.1) is 12.6 Å². The summed E-state index contributed by atoms with van der Waals surface area (Å²) in [5, 5.41) is 13.1. The molecule has 19 heavy (non-hydrogen) atoms. The van der Waals surface area contributed by atoms with E-state index in [1.165, 1.54) is 0 Å². The Kier molecular flexibility index (Phi) is 4.71. The molecule has 0 saturated heterocycles. The molecule has 0 saturated carbocycles. The standard InChI is InChI=1S/C14H16ClN3O/c1-2-13-17-12(15)8-14(18-13)16-11(9-19)10-6-4-3-5-7-10/h3-8,11,19H,2,9H2,1H3,(H,16,17,18). The van der Waals surface area contributed by atoms with Crippen LogP contribution in [0.5, 0.6) is 0 Å². The fourth-order valence-electron chi connectivity index (χ4n) is 1.79. The summed E-state index contributed by atoms with van der Waals surface area (Å²) in [5.74, 6) is 1.31. The smallest absolute Gasteiger partial charge is 0.134 e. The Morgan fingerprint density at radius 3 is 2.63 bits per heavy atom. The van der Waals surface area contributed by atoms with E-state index in [0.29, 0.717) is 23.2 Å². The maximum absolute atomic E-state index is 9.50. The molecule has 1 aromatic heterocycles. The molecular formula is C14H16ClN3O. The first-order chi connectivity index (χ1) is 9.22. The number of aromatic nitrogens is 2. The third kappa shape index (κ3) is 3.66. The SMILES string of the molecule is CCc1nc(Cl)cc(NC(CO)c2ccccc2)n1. The van der Waals surface area contributed by atoms with Crippen molar-refractivity contribution >= 4 is 17.4 Å². The molecule has 1 unspecified atom stereocenters. The minimum Gasteiger partial charge on any atom is -0.394 e. The van der Waals surface area contributed by atoms with Gasteiger partial charge in [0.25, 0.3) is 0 Å². The number of aryl methyl sites for hydroxylation is 1. The monoisotopic (exact) mass is 277 g/mol. The van der Waals surface area contributed by atoms with Gasteiger partial charge in [-0.05, 0) is 5.56 Å². The molecule has 0 aliphatic heterocycles. The second kappa shape index (κ2) is 6.50. The number of anilines is 1. The number of nitrogens with zero attached hydrogens (tertiary/aromatic N) is 2. The van der Waals surface area contributed by atoms with E-state index < -0.39 is 0 Å². The average molecular weight is 278 g/mol. The molecule has 2 N–H and O–H groups in total. The van der Waals surface area contributed by atoms with Gasteiger partial charge in [-0.2, -0.15) is 0 Å². The fourth-order valence-corrected chi connectivity index (χ4v) is 2.00. The number of hydrogen-bond acceptors (Lipinski definition) is 4. The van der Waals surface area contributed by atoms with E-state index in [-0.39, 0.29) is 12.6 Å². The van der Waals surface area contributed by atoms with Gasteiger partial charge < -0.3 is 10.4 Å². The minimum absolute atomic E-state index is 0.0207. The molecule has 0 amide bonds. The van der Waals surface area contributed by atoms with Gasteiger partial charge in [-0.3, -0.25) is 0 Å². The van der Waals surface area contributed by atoms with Crippen molar-refractivity contribution in [2.75, 3.05) is 11.9 Å². The second-order valence-corrected chi connectivity index (χ2v) is 4.52. The largest absolute Gasteiger partial charge is 0.394 e. The van der Waals surface area contributed by atoms with Crippen LogP contribution in [-0.2, 0) is 6.42 Å². The third-order valence-corrected chi connectivity index (χ3v) is 2.96. The number of nitrogens with one attached hydrogen (secondary N) is 1. The van der Waals surface area contributed by atoms with Crippen LogP contribution < -0.4 is 5.32 Å². The van der Waals surface area contributed by atoms with E-state index in [4.69, 9.17) is 11.6 Å². The van der Waals surface area contributed by atoms with E-state index in [2.05, 4.69) is 15.3 Å². The normalized spacial score (nSPS) is 12.2. The number of benzene rings is 1. The maximum Gasteiger partial charge on any atom is 0.134 e. The predicted molar refractivity (Wildman–Crippen MR) is 76.3 cm³/mol. The Morgan fingerprint density at radius 1 is 1.26 bits per heavy atom. The summed E-state index contributed by atoms with van der Waals surface area (Å²) < 4.78 is 0. The second-order valence-electron chi connectivity index (χ2n) is 4.14. The van der Waals surface area contributed by atoms with Crippen LogP contribution in [0, 0.1) is 0 Å². The summed E-state index contributed by atoms with van der Waals surface area (Å²) >= 11 is 5.95. The maximum atomic E-state index is 9.50. The molecule has 1 heterocycles. The first kappa shape index (κ1) is 13.8. The van der Waals surface area contributed by atoms with Gasteiger partial charge in [0.2, 0.25) is 0 Å². The Labute approximate surface area is 117 Å². The molecular weight excluding hydrogens is 262 g/mol.